The second kappa shape index (κ2) is 8.75. The first kappa shape index (κ1) is 20.2. The standard InChI is InChI=1S/C19H16N8O3S/c1-25-12-22-24-19(25)31-16-6-5-13(10-15(16)27(29)30)18(28)21-11-14-4-2-7-20-17(14)26-9-3-8-23-26/h2-10,12H,11H2,1H3,(H,21,28). The van der Waals surface area contributed by atoms with Crippen LogP contribution in [0.3, 0.4) is 0 Å². The quantitative estimate of drug-likeness (QED) is 0.345. The lowest BCUT2D eigenvalue weighted by Gasteiger charge is -2.10. The zero-order valence-corrected chi connectivity index (χ0v) is 17.1. The van der Waals surface area contributed by atoms with Crippen LogP contribution in [0, 0.1) is 10.1 Å². The third-order valence-corrected chi connectivity index (χ3v) is 5.43. The maximum Gasteiger partial charge on any atom is 0.284 e. The number of rotatable bonds is 7. The minimum Gasteiger partial charge on any atom is -0.348 e. The van der Waals surface area contributed by atoms with E-state index in [9.17, 15) is 14.9 Å². The number of nitro benzene ring substituents is 1. The minimum atomic E-state index is -0.521. The van der Waals surface area contributed by atoms with Crippen molar-refractivity contribution in [3.63, 3.8) is 0 Å². The summed E-state index contributed by atoms with van der Waals surface area (Å²) in [6.45, 7) is 0.186. The van der Waals surface area contributed by atoms with Crippen molar-refractivity contribution in [3.8, 4) is 5.82 Å². The molecule has 3 aromatic heterocycles. The van der Waals surface area contributed by atoms with E-state index in [1.54, 1.807) is 53.1 Å². The van der Waals surface area contributed by atoms with Crippen LogP contribution in [0.15, 0.2) is 71.4 Å². The summed E-state index contributed by atoms with van der Waals surface area (Å²) in [5.41, 5.74) is 0.751. The van der Waals surface area contributed by atoms with Crippen molar-refractivity contribution in [3.05, 3.63) is 82.6 Å². The van der Waals surface area contributed by atoms with Crippen LogP contribution in [0.5, 0.6) is 0 Å². The SMILES string of the molecule is Cn1cnnc1Sc1ccc(C(=O)NCc2cccnc2-n2cccn2)cc1[N+](=O)[O-]. The van der Waals surface area contributed by atoms with E-state index < -0.39 is 10.8 Å². The molecule has 1 amide bonds. The number of carbonyl (C=O) groups excluding carboxylic acids is 1. The van der Waals surface area contributed by atoms with E-state index in [0.717, 1.165) is 17.3 Å². The third kappa shape index (κ3) is 4.43. The monoisotopic (exact) mass is 436 g/mol. The predicted octanol–water partition coefficient (Wildman–Crippen LogP) is 2.39. The minimum absolute atomic E-state index is 0.179. The molecule has 12 heteroatoms. The molecular formula is C19H16N8O3S. The molecule has 0 fully saturated rings. The second-order valence-electron chi connectivity index (χ2n) is 6.39. The van der Waals surface area contributed by atoms with Gasteiger partial charge in [0.2, 0.25) is 0 Å². The van der Waals surface area contributed by atoms with Crippen LogP contribution in [-0.4, -0.2) is 40.4 Å². The van der Waals surface area contributed by atoms with E-state index in [2.05, 4.69) is 25.6 Å². The Balaban J connectivity index is 1.52. The molecule has 0 radical (unpaired) electrons. The van der Waals surface area contributed by atoms with E-state index in [1.807, 2.05) is 6.07 Å². The fraction of sp³-hybridized carbons (Fsp3) is 0.105. The van der Waals surface area contributed by atoms with Gasteiger partial charge in [-0.2, -0.15) is 5.10 Å². The molecule has 0 saturated heterocycles. The molecule has 0 aliphatic rings. The molecule has 4 aromatic rings. The average Bonchev–Trinajstić information content (AvgIpc) is 3.45. The number of nitro groups is 1. The van der Waals surface area contributed by atoms with Crippen LogP contribution in [-0.2, 0) is 13.6 Å². The molecule has 156 valence electrons. The van der Waals surface area contributed by atoms with Gasteiger partial charge in [0.1, 0.15) is 6.33 Å². The second-order valence-corrected chi connectivity index (χ2v) is 7.39. The van der Waals surface area contributed by atoms with Gasteiger partial charge in [-0.25, -0.2) is 9.67 Å². The summed E-state index contributed by atoms with van der Waals surface area (Å²) < 4.78 is 3.25. The number of nitrogens with one attached hydrogen (secondary N) is 1. The third-order valence-electron chi connectivity index (χ3n) is 4.32. The molecular weight excluding hydrogens is 420 g/mol. The van der Waals surface area contributed by atoms with E-state index in [-0.39, 0.29) is 17.8 Å². The number of benzene rings is 1. The van der Waals surface area contributed by atoms with Crippen molar-refractivity contribution in [2.75, 3.05) is 0 Å². The van der Waals surface area contributed by atoms with Crippen LogP contribution in [0.2, 0.25) is 0 Å². The van der Waals surface area contributed by atoms with Crippen molar-refractivity contribution in [2.24, 2.45) is 7.05 Å². The normalized spacial score (nSPS) is 10.7. The number of hydrogen-bond donors (Lipinski definition) is 1. The highest BCUT2D eigenvalue weighted by Gasteiger charge is 2.20. The van der Waals surface area contributed by atoms with Crippen molar-refractivity contribution < 1.29 is 9.72 Å². The Hall–Kier alpha value is -4.06. The van der Waals surface area contributed by atoms with Gasteiger partial charge in [-0.1, -0.05) is 6.07 Å². The fourth-order valence-electron chi connectivity index (χ4n) is 2.80. The Labute approximate surface area is 180 Å². The predicted molar refractivity (Wildman–Crippen MR) is 111 cm³/mol. The Morgan fingerprint density at radius 2 is 2.13 bits per heavy atom. The molecule has 0 bridgehead atoms. The van der Waals surface area contributed by atoms with E-state index >= 15 is 0 Å². The van der Waals surface area contributed by atoms with Gasteiger partial charge in [0.25, 0.3) is 11.6 Å². The lowest BCUT2D eigenvalue weighted by atomic mass is 10.1. The first-order chi connectivity index (χ1) is 15.0. The van der Waals surface area contributed by atoms with E-state index in [4.69, 9.17) is 0 Å². The zero-order valence-electron chi connectivity index (χ0n) is 16.2. The van der Waals surface area contributed by atoms with Gasteiger partial charge in [0.05, 0.1) is 9.82 Å². The van der Waals surface area contributed by atoms with Crippen molar-refractivity contribution in [1.29, 1.82) is 0 Å². The number of aryl methyl sites for hydroxylation is 1. The van der Waals surface area contributed by atoms with Gasteiger partial charge in [-0.15, -0.1) is 10.2 Å². The Morgan fingerprint density at radius 3 is 2.84 bits per heavy atom. The van der Waals surface area contributed by atoms with Gasteiger partial charge < -0.3 is 9.88 Å². The summed E-state index contributed by atoms with van der Waals surface area (Å²) in [7, 11) is 1.74. The van der Waals surface area contributed by atoms with Gasteiger partial charge in [-0.3, -0.25) is 14.9 Å². The first-order valence-corrected chi connectivity index (χ1v) is 9.87. The van der Waals surface area contributed by atoms with E-state index in [0.29, 0.717) is 15.9 Å². The van der Waals surface area contributed by atoms with Crippen LogP contribution < -0.4 is 5.32 Å². The Morgan fingerprint density at radius 1 is 1.26 bits per heavy atom. The highest BCUT2D eigenvalue weighted by Crippen LogP contribution is 2.34. The van der Waals surface area contributed by atoms with Crippen LogP contribution in [0.1, 0.15) is 15.9 Å². The Kier molecular flexibility index (Phi) is 5.71. The van der Waals surface area contributed by atoms with Crippen molar-refractivity contribution in [1.82, 2.24) is 34.8 Å². The van der Waals surface area contributed by atoms with Gasteiger partial charge in [0, 0.05) is 49.4 Å². The summed E-state index contributed by atoms with van der Waals surface area (Å²) in [5, 5.41) is 26.7. The summed E-state index contributed by atoms with van der Waals surface area (Å²) in [6.07, 6.45) is 6.53. The maximum atomic E-state index is 12.7. The Bertz CT molecular complexity index is 1240. The summed E-state index contributed by atoms with van der Waals surface area (Å²) in [5.74, 6) is 0.155. The number of hydrogen-bond acceptors (Lipinski definition) is 8. The zero-order chi connectivity index (χ0) is 21.8. The van der Waals surface area contributed by atoms with Gasteiger partial charge >= 0.3 is 0 Å². The molecule has 4 rings (SSSR count). The fourth-order valence-corrected chi connectivity index (χ4v) is 3.65. The molecule has 0 aliphatic heterocycles. The highest BCUT2D eigenvalue weighted by atomic mass is 32.2. The lowest BCUT2D eigenvalue weighted by molar-refractivity contribution is -0.387. The molecule has 1 aromatic carbocycles. The highest BCUT2D eigenvalue weighted by molar-refractivity contribution is 7.99. The molecule has 3 heterocycles. The molecule has 0 spiro atoms. The molecule has 11 nitrogen and oxygen atoms in total. The summed E-state index contributed by atoms with van der Waals surface area (Å²) in [4.78, 5) is 28.4. The molecule has 0 aliphatic carbocycles. The van der Waals surface area contributed by atoms with Crippen molar-refractivity contribution >= 4 is 23.4 Å². The number of carbonyl (C=O) groups is 1. The summed E-state index contributed by atoms with van der Waals surface area (Å²) >= 11 is 1.10. The summed E-state index contributed by atoms with van der Waals surface area (Å²) in [6, 6.07) is 9.69. The molecule has 0 saturated carbocycles. The number of nitrogens with zero attached hydrogens (tertiary/aromatic N) is 7. The van der Waals surface area contributed by atoms with E-state index in [1.165, 1.54) is 18.5 Å². The van der Waals surface area contributed by atoms with Gasteiger partial charge in [0.15, 0.2) is 11.0 Å². The molecule has 31 heavy (non-hydrogen) atoms. The average molecular weight is 436 g/mol. The smallest absolute Gasteiger partial charge is 0.284 e. The number of amides is 1. The number of pyridine rings is 1. The topological polar surface area (TPSA) is 134 Å². The van der Waals surface area contributed by atoms with Crippen LogP contribution in [0.25, 0.3) is 5.82 Å². The van der Waals surface area contributed by atoms with Crippen LogP contribution in [0.4, 0.5) is 5.69 Å². The first-order valence-electron chi connectivity index (χ1n) is 9.05. The lowest BCUT2D eigenvalue weighted by Crippen LogP contribution is -2.24. The van der Waals surface area contributed by atoms with Crippen LogP contribution >= 0.6 is 11.8 Å². The number of aromatic nitrogens is 6. The van der Waals surface area contributed by atoms with Gasteiger partial charge in [-0.05, 0) is 36.0 Å². The maximum absolute atomic E-state index is 12.7. The van der Waals surface area contributed by atoms with Crippen molar-refractivity contribution in [2.45, 2.75) is 16.6 Å². The molecule has 0 unspecified atom stereocenters. The molecule has 0 atom stereocenters. The molecule has 1 N–H and O–H groups in total. The largest absolute Gasteiger partial charge is 0.348 e.